The Morgan fingerprint density at radius 1 is 1.33 bits per heavy atom. The summed E-state index contributed by atoms with van der Waals surface area (Å²) in [5.74, 6) is -2.72. The van der Waals surface area contributed by atoms with Crippen molar-refractivity contribution >= 4 is 17.9 Å². The molecule has 1 aliphatic carbocycles. The third-order valence-electron chi connectivity index (χ3n) is 2.77. The van der Waals surface area contributed by atoms with Crippen molar-refractivity contribution in [3.63, 3.8) is 0 Å². The van der Waals surface area contributed by atoms with Crippen molar-refractivity contribution in [2.24, 2.45) is 0 Å². The summed E-state index contributed by atoms with van der Waals surface area (Å²) < 4.78 is 25.6. The molecule has 0 unspecified atom stereocenters. The van der Waals surface area contributed by atoms with E-state index in [2.05, 4.69) is 0 Å². The summed E-state index contributed by atoms with van der Waals surface area (Å²) in [4.78, 5) is 10.9. The van der Waals surface area contributed by atoms with Crippen LogP contribution in [0.4, 0.5) is 8.78 Å². The Kier molecular flexibility index (Phi) is 2.30. The first kappa shape index (κ1) is 10.6. The van der Waals surface area contributed by atoms with Crippen LogP contribution in [0, 0.1) is 0 Å². The van der Waals surface area contributed by atoms with Gasteiger partial charge in [-0.25, -0.2) is 8.78 Å². The van der Waals surface area contributed by atoms with E-state index in [1.54, 1.807) is 24.3 Å². The van der Waals surface area contributed by atoms with Gasteiger partial charge < -0.3 is 4.79 Å². The van der Waals surface area contributed by atoms with Crippen molar-refractivity contribution in [3.8, 4) is 0 Å². The second-order valence-electron chi connectivity index (χ2n) is 3.99. The molecule has 80 valence electrons. The number of carbonyl (C=O) groups excluding carboxylic acids is 1. The van der Waals surface area contributed by atoms with Gasteiger partial charge in [-0.1, -0.05) is 23.7 Å². The van der Waals surface area contributed by atoms with Gasteiger partial charge in [0.05, 0.1) is 5.41 Å². The lowest BCUT2D eigenvalue weighted by molar-refractivity contribution is -0.146. The Morgan fingerprint density at radius 3 is 2.47 bits per heavy atom. The molecule has 1 aromatic carbocycles. The quantitative estimate of drug-likeness (QED) is 0.713. The molecule has 0 aromatic heterocycles. The highest BCUT2D eigenvalue weighted by molar-refractivity contribution is 6.30. The van der Waals surface area contributed by atoms with Crippen LogP contribution in [0.15, 0.2) is 24.3 Å². The lowest BCUT2D eigenvalue weighted by Crippen LogP contribution is -2.50. The molecule has 0 aliphatic heterocycles. The standard InChI is InChI=1S/C11H9ClF2O/c12-9-3-1-2-8(4-9)10(7-15)5-11(13,14)6-10/h1-4,7H,5-6H2. The molecule has 0 spiro atoms. The Hall–Kier alpha value is -0.960. The van der Waals surface area contributed by atoms with E-state index < -0.39 is 24.2 Å². The van der Waals surface area contributed by atoms with Gasteiger partial charge >= 0.3 is 0 Å². The summed E-state index contributed by atoms with van der Waals surface area (Å²) in [7, 11) is 0. The summed E-state index contributed by atoms with van der Waals surface area (Å²) in [6.45, 7) is 0. The molecule has 0 saturated heterocycles. The predicted molar refractivity (Wildman–Crippen MR) is 53.4 cm³/mol. The average Bonchev–Trinajstić information content (AvgIpc) is 2.13. The fraction of sp³-hybridized carbons (Fsp3) is 0.364. The average molecular weight is 231 g/mol. The Morgan fingerprint density at radius 2 is 2.00 bits per heavy atom. The summed E-state index contributed by atoms with van der Waals surface area (Å²) in [5.41, 5.74) is -0.454. The Bertz CT molecular complexity index is 395. The Balaban J connectivity index is 2.33. The molecule has 0 atom stereocenters. The number of hydrogen-bond acceptors (Lipinski definition) is 1. The molecule has 0 amide bonds. The molecule has 15 heavy (non-hydrogen) atoms. The van der Waals surface area contributed by atoms with Crippen LogP contribution in [0.25, 0.3) is 0 Å². The van der Waals surface area contributed by atoms with E-state index >= 15 is 0 Å². The number of carbonyl (C=O) groups is 1. The zero-order valence-electron chi connectivity index (χ0n) is 7.84. The highest BCUT2D eigenvalue weighted by atomic mass is 35.5. The monoisotopic (exact) mass is 230 g/mol. The SMILES string of the molecule is O=CC1(c2cccc(Cl)c2)CC(F)(F)C1. The summed E-state index contributed by atoms with van der Waals surface area (Å²) in [6.07, 6.45) is -0.218. The van der Waals surface area contributed by atoms with Crippen LogP contribution < -0.4 is 0 Å². The van der Waals surface area contributed by atoms with Crippen molar-refractivity contribution in [3.05, 3.63) is 34.9 Å². The van der Waals surface area contributed by atoms with Gasteiger partial charge in [0.15, 0.2) is 0 Å². The smallest absolute Gasteiger partial charge is 0.250 e. The van der Waals surface area contributed by atoms with Gasteiger partial charge in [0.1, 0.15) is 6.29 Å². The molecular weight excluding hydrogens is 222 g/mol. The molecular formula is C11H9ClF2O. The first-order valence-electron chi connectivity index (χ1n) is 4.58. The zero-order valence-corrected chi connectivity index (χ0v) is 8.60. The highest BCUT2D eigenvalue weighted by Gasteiger charge is 2.57. The van der Waals surface area contributed by atoms with E-state index in [4.69, 9.17) is 11.6 Å². The highest BCUT2D eigenvalue weighted by Crippen LogP contribution is 2.52. The van der Waals surface area contributed by atoms with Gasteiger partial charge in [0.2, 0.25) is 0 Å². The molecule has 1 nitrogen and oxygen atoms in total. The maximum Gasteiger partial charge on any atom is 0.250 e. The minimum Gasteiger partial charge on any atom is -0.302 e. The number of aldehydes is 1. The molecule has 2 rings (SSSR count). The molecule has 0 heterocycles. The molecule has 0 bridgehead atoms. The number of hydrogen-bond donors (Lipinski definition) is 0. The summed E-state index contributed by atoms with van der Waals surface area (Å²) in [6, 6.07) is 6.56. The van der Waals surface area contributed by atoms with Crippen molar-refractivity contribution in [2.45, 2.75) is 24.2 Å². The van der Waals surface area contributed by atoms with E-state index in [9.17, 15) is 13.6 Å². The van der Waals surface area contributed by atoms with Crippen LogP contribution in [-0.4, -0.2) is 12.2 Å². The van der Waals surface area contributed by atoms with Crippen LogP contribution in [0.1, 0.15) is 18.4 Å². The third kappa shape index (κ3) is 1.76. The molecule has 1 aliphatic rings. The second kappa shape index (κ2) is 3.27. The molecule has 1 aromatic rings. The second-order valence-corrected chi connectivity index (χ2v) is 4.43. The number of rotatable bonds is 2. The van der Waals surface area contributed by atoms with Gasteiger partial charge in [-0.15, -0.1) is 0 Å². The lowest BCUT2D eigenvalue weighted by atomic mass is 9.63. The van der Waals surface area contributed by atoms with Gasteiger partial charge in [0, 0.05) is 17.9 Å². The molecule has 0 N–H and O–H groups in total. The van der Waals surface area contributed by atoms with E-state index in [-0.39, 0.29) is 0 Å². The Labute approximate surface area is 91.0 Å². The molecule has 1 saturated carbocycles. The van der Waals surface area contributed by atoms with E-state index in [0.717, 1.165) is 0 Å². The van der Waals surface area contributed by atoms with Gasteiger partial charge in [0.25, 0.3) is 5.92 Å². The van der Waals surface area contributed by atoms with Crippen molar-refractivity contribution in [2.75, 3.05) is 0 Å². The largest absolute Gasteiger partial charge is 0.302 e. The third-order valence-corrected chi connectivity index (χ3v) is 3.01. The van der Waals surface area contributed by atoms with Gasteiger partial charge in [-0.05, 0) is 17.7 Å². The first-order chi connectivity index (χ1) is 6.97. The lowest BCUT2D eigenvalue weighted by Gasteiger charge is -2.43. The van der Waals surface area contributed by atoms with Crippen molar-refractivity contribution in [1.29, 1.82) is 0 Å². The van der Waals surface area contributed by atoms with Crippen LogP contribution in [0.3, 0.4) is 0 Å². The minimum absolute atomic E-state index is 0.413. The summed E-state index contributed by atoms with van der Waals surface area (Å²) >= 11 is 5.76. The molecule has 4 heteroatoms. The van der Waals surface area contributed by atoms with E-state index in [1.165, 1.54) is 0 Å². The number of benzene rings is 1. The van der Waals surface area contributed by atoms with Crippen molar-refractivity contribution < 1.29 is 13.6 Å². The van der Waals surface area contributed by atoms with Crippen LogP contribution in [0.2, 0.25) is 5.02 Å². The number of halogens is 3. The van der Waals surface area contributed by atoms with Crippen LogP contribution >= 0.6 is 11.6 Å². The van der Waals surface area contributed by atoms with Gasteiger partial charge in [-0.2, -0.15) is 0 Å². The normalized spacial score (nSPS) is 21.8. The maximum absolute atomic E-state index is 12.8. The van der Waals surface area contributed by atoms with Crippen LogP contribution in [-0.2, 0) is 10.2 Å². The fourth-order valence-corrected chi connectivity index (χ4v) is 2.22. The zero-order chi connectivity index (χ0) is 11.1. The number of alkyl halides is 2. The fourth-order valence-electron chi connectivity index (χ4n) is 2.02. The van der Waals surface area contributed by atoms with E-state index in [0.29, 0.717) is 16.9 Å². The van der Waals surface area contributed by atoms with Gasteiger partial charge in [-0.3, -0.25) is 0 Å². The van der Waals surface area contributed by atoms with Crippen LogP contribution in [0.5, 0.6) is 0 Å². The van der Waals surface area contributed by atoms with E-state index in [1.807, 2.05) is 0 Å². The van der Waals surface area contributed by atoms with Crippen molar-refractivity contribution in [1.82, 2.24) is 0 Å². The predicted octanol–water partition coefficient (Wildman–Crippen LogP) is 3.21. The first-order valence-corrected chi connectivity index (χ1v) is 4.95. The summed E-state index contributed by atoms with van der Waals surface area (Å²) in [5, 5.41) is 0.462. The maximum atomic E-state index is 12.8. The minimum atomic E-state index is -2.72. The topological polar surface area (TPSA) is 17.1 Å². The molecule has 0 radical (unpaired) electrons. The molecule has 1 fully saturated rings.